The third kappa shape index (κ3) is 3.64. The predicted molar refractivity (Wildman–Crippen MR) is 97.1 cm³/mol. The highest BCUT2D eigenvalue weighted by atomic mass is 79.9. The number of aromatic nitrogens is 2. The van der Waals surface area contributed by atoms with Gasteiger partial charge in [0.2, 0.25) is 0 Å². The van der Waals surface area contributed by atoms with Crippen LogP contribution in [0.1, 0.15) is 43.2 Å². The zero-order valence-corrected chi connectivity index (χ0v) is 15.6. The van der Waals surface area contributed by atoms with Crippen molar-refractivity contribution < 1.29 is 4.42 Å². The van der Waals surface area contributed by atoms with Gasteiger partial charge in [-0.15, -0.1) is 0 Å². The number of hydrogen-bond donors (Lipinski definition) is 0. The first-order chi connectivity index (χ1) is 11.7. The molecule has 0 spiro atoms. The second-order valence-electron chi connectivity index (χ2n) is 6.87. The smallest absolute Gasteiger partial charge is 0.169 e. The minimum atomic E-state index is 0.548. The van der Waals surface area contributed by atoms with Crippen LogP contribution in [0.2, 0.25) is 0 Å². The van der Waals surface area contributed by atoms with Crippen LogP contribution >= 0.6 is 15.9 Å². The monoisotopic (exact) mass is 390 g/mol. The number of likely N-dealkylation sites (tertiary alicyclic amines) is 1. The maximum Gasteiger partial charge on any atom is 0.169 e. The maximum absolute atomic E-state index is 5.62. The van der Waals surface area contributed by atoms with Gasteiger partial charge in [-0.1, -0.05) is 0 Å². The Hall–Kier alpha value is -1.40. The summed E-state index contributed by atoms with van der Waals surface area (Å²) in [6.07, 6.45) is 6.71. The van der Waals surface area contributed by atoms with Gasteiger partial charge >= 0.3 is 0 Å². The van der Waals surface area contributed by atoms with E-state index in [1.54, 1.807) is 0 Å². The zero-order valence-electron chi connectivity index (χ0n) is 14.0. The van der Waals surface area contributed by atoms with Gasteiger partial charge in [-0.3, -0.25) is 4.90 Å². The van der Waals surface area contributed by atoms with Crippen molar-refractivity contribution in [3.05, 3.63) is 40.7 Å². The van der Waals surface area contributed by atoms with E-state index in [1.165, 1.54) is 12.8 Å². The van der Waals surface area contributed by atoms with Crippen LogP contribution < -0.4 is 4.90 Å². The Bertz CT molecular complexity index is 692. The fraction of sp³-hybridized carbons (Fsp3) is 0.556. The largest absolute Gasteiger partial charge is 0.453 e. The Morgan fingerprint density at radius 1 is 1.21 bits per heavy atom. The molecule has 3 heterocycles. The molecule has 2 fully saturated rings. The lowest BCUT2D eigenvalue weighted by Crippen LogP contribution is -2.43. The first-order valence-electron chi connectivity index (χ1n) is 8.71. The van der Waals surface area contributed by atoms with E-state index in [9.17, 15) is 0 Å². The summed E-state index contributed by atoms with van der Waals surface area (Å²) in [4.78, 5) is 14.0. The minimum absolute atomic E-state index is 0.548. The molecule has 128 valence electrons. The van der Waals surface area contributed by atoms with Crippen LogP contribution in [-0.4, -0.2) is 41.0 Å². The van der Waals surface area contributed by atoms with E-state index in [-0.39, 0.29) is 0 Å². The molecule has 2 aromatic heterocycles. The average molecular weight is 391 g/mol. The van der Waals surface area contributed by atoms with Gasteiger partial charge in [0.15, 0.2) is 4.67 Å². The van der Waals surface area contributed by atoms with Crippen molar-refractivity contribution in [3.8, 4) is 0 Å². The first-order valence-corrected chi connectivity index (χ1v) is 9.50. The molecule has 0 atom stereocenters. The van der Waals surface area contributed by atoms with E-state index < -0.39 is 0 Å². The van der Waals surface area contributed by atoms with Crippen molar-refractivity contribution >= 4 is 21.7 Å². The fourth-order valence-corrected chi connectivity index (χ4v) is 3.75. The molecule has 5 nitrogen and oxygen atoms in total. The summed E-state index contributed by atoms with van der Waals surface area (Å²) in [6.45, 7) is 3.07. The summed E-state index contributed by atoms with van der Waals surface area (Å²) in [5.41, 5.74) is 0. The van der Waals surface area contributed by atoms with E-state index >= 15 is 0 Å². The topological polar surface area (TPSA) is 45.4 Å². The lowest BCUT2D eigenvalue weighted by Gasteiger charge is -2.37. The van der Waals surface area contributed by atoms with Crippen LogP contribution in [0.3, 0.4) is 0 Å². The molecule has 1 aliphatic carbocycles. The van der Waals surface area contributed by atoms with Gasteiger partial charge in [0.25, 0.3) is 0 Å². The summed E-state index contributed by atoms with van der Waals surface area (Å²) in [6, 6.07) is 6.59. The van der Waals surface area contributed by atoms with Crippen molar-refractivity contribution in [3.63, 3.8) is 0 Å². The van der Waals surface area contributed by atoms with Crippen LogP contribution in [0.15, 0.2) is 33.5 Å². The first kappa shape index (κ1) is 16.1. The van der Waals surface area contributed by atoms with E-state index in [4.69, 9.17) is 9.40 Å². The Balaban J connectivity index is 1.34. The molecule has 0 bridgehead atoms. The number of anilines is 1. The van der Waals surface area contributed by atoms with Crippen molar-refractivity contribution in [2.45, 2.75) is 44.2 Å². The highest BCUT2D eigenvalue weighted by molar-refractivity contribution is 9.10. The van der Waals surface area contributed by atoms with Crippen molar-refractivity contribution in [2.75, 3.05) is 25.0 Å². The van der Waals surface area contributed by atoms with Crippen LogP contribution in [-0.2, 0) is 6.54 Å². The van der Waals surface area contributed by atoms with Crippen molar-refractivity contribution in [2.24, 2.45) is 0 Å². The Kier molecular flexibility index (Phi) is 4.59. The SMILES string of the molecule is CN(c1ccnc(C2CC2)n1)C1CCN(Cc2ccc(Br)o2)CC1. The molecule has 2 aliphatic rings. The van der Waals surface area contributed by atoms with Gasteiger partial charge in [0.05, 0.1) is 6.54 Å². The van der Waals surface area contributed by atoms with Crippen LogP contribution in [0.25, 0.3) is 0 Å². The Morgan fingerprint density at radius 3 is 2.67 bits per heavy atom. The summed E-state index contributed by atoms with van der Waals surface area (Å²) in [5.74, 6) is 3.73. The maximum atomic E-state index is 5.62. The minimum Gasteiger partial charge on any atom is -0.453 e. The van der Waals surface area contributed by atoms with E-state index in [1.807, 2.05) is 24.4 Å². The number of hydrogen-bond acceptors (Lipinski definition) is 5. The third-order valence-corrected chi connectivity index (χ3v) is 5.50. The number of rotatable bonds is 5. The van der Waals surface area contributed by atoms with Gasteiger partial charge in [0.1, 0.15) is 17.4 Å². The van der Waals surface area contributed by atoms with Gasteiger partial charge < -0.3 is 9.32 Å². The van der Waals surface area contributed by atoms with Gasteiger partial charge in [0, 0.05) is 38.3 Å². The number of nitrogens with zero attached hydrogens (tertiary/aromatic N) is 4. The van der Waals surface area contributed by atoms with Gasteiger partial charge in [-0.2, -0.15) is 0 Å². The molecule has 24 heavy (non-hydrogen) atoms. The third-order valence-electron chi connectivity index (χ3n) is 5.08. The summed E-state index contributed by atoms with van der Waals surface area (Å²) >= 11 is 3.37. The molecular formula is C18H23BrN4O. The number of furan rings is 1. The highest BCUT2D eigenvalue weighted by Crippen LogP contribution is 2.38. The van der Waals surface area contributed by atoms with Gasteiger partial charge in [-0.05, 0) is 59.8 Å². The Morgan fingerprint density at radius 2 is 2.00 bits per heavy atom. The standard InChI is InChI=1S/C18H23BrN4O/c1-22(17-6-9-20-18(21-17)13-2-3-13)14-7-10-23(11-8-14)12-15-4-5-16(19)24-15/h4-6,9,13-14H,2-3,7-8,10-12H2,1H3. The molecule has 0 N–H and O–H groups in total. The molecule has 0 unspecified atom stereocenters. The quantitative estimate of drug-likeness (QED) is 0.776. The molecule has 1 saturated carbocycles. The summed E-state index contributed by atoms with van der Waals surface area (Å²) < 4.78 is 6.43. The molecule has 0 amide bonds. The van der Waals surface area contributed by atoms with E-state index in [2.05, 4.69) is 37.8 Å². The normalized spacial score (nSPS) is 19.6. The van der Waals surface area contributed by atoms with Crippen LogP contribution in [0, 0.1) is 0 Å². The highest BCUT2D eigenvalue weighted by Gasteiger charge is 2.28. The zero-order chi connectivity index (χ0) is 16.5. The second-order valence-corrected chi connectivity index (χ2v) is 7.65. The molecule has 6 heteroatoms. The molecule has 0 radical (unpaired) electrons. The van der Waals surface area contributed by atoms with Crippen molar-refractivity contribution in [1.82, 2.24) is 14.9 Å². The molecular weight excluding hydrogens is 368 g/mol. The number of piperidine rings is 1. The lowest BCUT2D eigenvalue weighted by molar-refractivity contribution is 0.189. The molecule has 1 aliphatic heterocycles. The predicted octanol–water partition coefficient (Wildman–Crippen LogP) is 3.81. The van der Waals surface area contributed by atoms with Crippen LogP contribution in [0.5, 0.6) is 0 Å². The molecule has 2 aromatic rings. The summed E-state index contributed by atoms with van der Waals surface area (Å²) in [7, 11) is 2.17. The fourth-order valence-electron chi connectivity index (χ4n) is 3.41. The van der Waals surface area contributed by atoms with Crippen LogP contribution in [0.4, 0.5) is 5.82 Å². The molecule has 1 saturated heterocycles. The van der Waals surface area contributed by atoms with E-state index in [0.29, 0.717) is 12.0 Å². The second kappa shape index (κ2) is 6.84. The lowest BCUT2D eigenvalue weighted by atomic mass is 10.0. The molecule has 0 aromatic carbocycles. The Labute approximate surface area is 151 Å². The van der Waals surface area contributed by atoms with E-state index in [0.717, 1.165) is 54.5 Å². The average Bonchev–Trinajstić information content (AvgIpc) is 3.38. The number of halogens is 1. The molecule has 4 rings (SSSR count). The van der Waals surface area contributed by atoms with Gasteiger partial charge in [-0.25, -0.2) is 9.97 Å². The summed E-state index contributed by atoms with van der Waals surface area (Å²) in [5, 5.41) is 0. The van der Waals surface area contributed by atoms with Crippen molar-refractivity contribution in [1.29, 1.82) is 0 Å².